The van der Waals surface area contributed by atoms with Crippen molar-refractivity contribution in [3.05, 3.63) is 40.4 Å². The first-order valence-electron chi connectivity index (χ1n) is 8.03. The summed E-state index contributed by atoms with van der Waals surface area (Å²) in [6.45, 7) is 2.05. The Morgan fingerprint density at radius 1 is 1.21 bits per heavy atom. The molecule has 3 amide bonds. The van der Waals surface area contributed by atoms with E-state index in [2.05, 4.69) is 21.2 Å². The number of benzene rings is 1. The number of halogens is 1. The topological polar surface area (TPSA) is 66.5 Å². The fourth-order valence-electron chi connectivity index (χ4n) is 3.28. The van der Waals surface area contributed by atoms with Gasteiger partial charge in [-0.1, -0.05) is 28.1 Å². The van der Waals surface area contributed by atoms with Crippen LogP contribution in [0.5, 0.6) is 0 Å². The molecule has 24 heavy (non-hydrogen) atoms. The van der Waals surface area contributed by atoms with Crippen molar-refractivity contribution in [2.45, 2.75) is 26.2 Å². The van der Waals surface area contributed by atoms with Gasteiger partial charge in [-0.05, 0) is 43.5 Å². The Hall–Kier alpha value is -1.95. The van der Waals surface area contributed by atoms with Crippen LogP contribution in [0, 0.1) is 18.8 Å². The van der Waals surface area contributed by atoms with E-state index in [1.165, 1.54) is 4.90 Å². The molecule has 1 aromatic rings. The van der Waals surface area contributed by atoms with Crippen LogP contribution in [0.4, 0.5) is 5.69 Å². The normalized spacial score (nSPS) is 22.7. The van der Waals surface area contributed by atoms with Crippen molar-refractivity contribution < 1.29 is 14.4 Å². The zero-order valence-electron chi connectivity index (χ0n) is 13.4. The molecule has 1 aliphatic heterocycles. The maximum absolute atomic E-state index is 12.3. The molecular formula is C18H19BrN2O3. The van der Waals surface area contributed by atoms with Gasteiger partial charge in [-0.2, -0.15) is 0 Å². The number of anilines is 1. The second-order valence-electron chi connectivity index (χ2n) is 6.24. The van der Waals surface area contributed by atoms with Gasteiger partial charge in [0, 0.05) is 23.1 Å². The standard InChI is InChI=1S/C18H19BrN2O3/c1-11-10-12(19)6-7-15(11)20-16(22)8-9-21-17(23)13-4-2-3-5-14(13)18(21)24/h2-3,6-7,10,13-14H,4-5,8-9H2,1H3,(H,20,22)/t13-,14+. The maximum atomic E-state index is 12.3. The third kappa shape index (κ3) is 3.29. The molecule has 2 atom stereocenters. The predicted molar refractivity (Wildman–Crippen MR) is 94.2 cm³/mol. The molecule has 5 nitrogen and oxygen atoms in total. The number of hydrogen-bond donors (Lipinski definition) is 1. The summed E-state index contributed by atoms with van der Waals surface area (Å²) in [5.74, 6) is -0.948. The molecule has 3 rings (SSSR count). The zero-order valence-corrected chi connectivity index (χ0v) is 15.0. The molecule has 2 aliphatic rings. The van der Waals surface area contributed by atoms with Gasteiger partial charge < -0.3 is 5.32 Å². The number of imide groups is 1. The molecule has 0 spiro atoms. The van der Waals surface area contributed by atoms with Crippen LogP contribution in [-0.2, 0) is 14.4 Å². The summed E-state index contributed by atoms with van der Waals surface area (Å²) >= 11 is 3.38. The smallest absolute Gasteiger partial charge is 0.233 e. The highest BCUT2D eigenvalue weighted by Gasteiger charge is 2.46. The Kier molecular flexibility index (Phi) is 4.85. The van der Waals surface area contributed by atoms with Crippen LogP contribution in [0.3, 0.4) is 0 Å². The molecule has 6 heteroatoms. The number of allylic oxidation sites excluding steroid dienone is 2. The van der Waals surface area contributed by atoms with Crippen LogP contribution in [0.15, 0.2) is 34.8 Å². The number of amides is 3. The minimum Gasteiger partial charge on any atom is -0.326 e. The SMILES string of the molecule is Cc1cc(Br)ccc1NC(=O)CCN1C(=O)[C@H]2CC=CC[C@H]2C1=O. The van der Waals surface area contributed by atoms with E-state index in [0.29, 0.717) is 12.8 Å². The second-order valence-corrected chi connectivity index (χ2v) is 7.16. The van der Waals surface area contributed by atoms with Crippen molar-refractivity contribution in [3.8, 4) is 0 Å². The largest absolute Gasteiger partial charge is 0.326 e. The molecule has 0 radical (unpaired) electrons. The molecule has 126 valence electrons. The van der Waals surface area contributed by atoms with Crippen molar-refractivity contribution in [3.63, 3.8) is 0 Å². The van der Waals surface area contributed by atoms with Gasteiger partial charge in [0.15, 0.2) is 0 Å². The summed E-state index contributed by atoms with van der Waals surface area (Å²) in [7, 11) is 0. The van der Waals surface area contributed by atoms with Crippen LogP contribution < -0.4 is 5.32 Å². The molecule has 1 aliphatic carbocycles. The van der Waals surface area contributed by atoms with Gasteiger partial charge in [-0.25, -0.2) is 0 Å². The number of hydrogen-bond acceptors (Lipinski definition) is 3. The fraction of sp³-hybridized carbons (Fsp3) is 0.389. The molecule has 1 heterocycles. The van der Waals surface area contributed by atoms with Gasteiger partial charge in [0.1, 0.15) is 0 Å². The number of nitrogens with one attached hydrogen (secondary N) is 1. The zero-order chi connectivity index (χ0) is 17.3. The molecular weight excluding hydrogens is 372 g/mol. The summed E-state index contributed by atoms with van der Waals surface area (Å²) in [5, 5.41) is 2.83. The molecule has 0 bridgehead atoms. The molecule has 1 saturated heterocycles. The van der Waals surface area contributed by atoms with Crippen molar-refractivity contribution in [2.24, 2.45) is 11.8 Å². The Balaban J connectivity index is 1.58. The van der Waals surface area contributed by atoms with E-state index in [-0.39, 0.29) is 42.5 Å². The Morgan fingerprint density at radius 2 is 1.83 bits per heavy atom. The molecule has 0 unspecified atom stereocenters. The quantitative estimate of drug-likeness (QED) is 0.634. The lowest BCUT2D eigenvalue weighted by molar-refractivity contribution is -0.140. The highest BCUT2D eigenvalue weighted by Crippen LogP contribution is 2.35. The first-order valence-corrected chi connectivity index (χ1v) is 8.83. The number of aryl methyl sites for hydroxylation is 1. The van der Waals surface area contributed by atoms with Gasteiger partial charge in [-0.15, -0.1) is 0 Å². The molecule has 0 saturated carbocycles. The third-order valence-corrected chi connectivity index (χ3v) is 5.12. The number of nitrogens with zero attached hydrogens (tertiary/aromatic N) is 1. The predicted octanol–water partition coefficient (Wildman–Crippen LogP) is 3.04. The summed E-state index contributed by atoms with van der Waals surface area (Å²) in [6.07, 6.45) is 5.27. The molecule has 1 fully saturated rings. The van der Waals surface area contributed by atoms with E-state index in [9.17, 15) is 14.4 Å². The van der Waals surface area contributed by atoms with Crippen LogP contribution in [-0.4, -0.2) is 29.2 Å². The van der Waals surface area contributed by atoms with Crippen molar-refractivity contribution in [1.29, 1.82) is 0 Å². The third-order valence-electron chi connectivity index (χ3n) is 4.62. The Morgan fingerprint density at radius 3 is 2.42 bits per heavy atom. The van der Waals surface area contributed by atoms with E-state index < -0.39 is 0 Å². The summed E-state index contributed by atoms with van der Waals surface area (Å²) in [6, 6.07) is 5.60. The van der Waals surface area contributed by atoms with Crippen LogP contribution in [0.25, 0.3) is 0 Å². The fourth-order valence-corrected chi connectivity index (χ4v) is 3.76. The average Bonchev–Trinajstić information content (AvgIpc) is 2.80. The number of fused-ring (bicyclic) bond motifs is 1. The summed E-state index contributed by atoms with van der Waals surface area (Å²) in [5.41, 5.74) is 1.68. The van der Waals surface area contributed by atoms with Crippen molar-refractivity contribution in [1.82, 2.24) is 4.90 Å². The number of likely N-dealkylation sites (tertiary alicyclic amines) is 1. The van der Waals surface area contributed by atoms with E-state index >= 15 is 0 Å². The minimum atomic E-state index is -0.237. The maximum Gasteiger partial charge on any atom is 0.233 e. The lowest BCUT2D eigenvalue weighted by Gasteiger charge is -2.15. The van der Waals surface area contributed by atoms with Crippen molar-refractivity contribution >= 4 is 39.3 Å². The highest BCUT2D eigenvalue weighted by atomic mass is 79.9. The van der Waals surface area contributed by atoms with E-state index in [4.69, 9.17) is 0 Å². The second kappa shape index (κ2) is 6.89. The first-order chi connectivity index (χ1) is 11.5. The van der Waals surface area contributed by atoms with Crippen LogP contribution in [0.1, 0.15) is 24.8 Å². The van der Waals surface area contributed by atoms with Crippen LogP contribution >= 0.6 is 15.9 Å². The molecule has 0 aromatic heterocycles. The Bertz CT molecular complexity index is 703. The first kappa shape index (κ1) is 16.9. The number of carbonyl (C=O) groups excluding carboxylic acids is 3. The van der Waals surface area contributed by atoms with Gasteiger partial charge >= 0.3 is 0 Å². The van der Waals surface area contributed by atoms with Crippen molar-refractivity contribution in [2.75, 3.05) is 11.9 Å². The number of carbonyl (C=O) groups is 3. The summed E-state index contributed by atoms with van der Waals surface area (Å²) < 4.78 is 0.947. The minimum absolute atomic E-state index is 0.111. The van der Waals surface area contributed by atoms with E-state index in [0.717, 1.165) is 15.7 Å². The molecule has 1 N–H and O–H groups in total. The Labute approximate surface area is 149 Å². The van der Waals surface area contributed by atoms with E-state index in [1.807, 2.05) is 37.3 Å². The highest BCUT2D eigenvalue weighted by molar-refractivity contribution is 9.10. The van der Waals surface area contributed by atoms with Gasteiger partial charge in [0.2, 0.25) is 17.7 Å². The van der Waals surface area contributed by atoms with Gasteiger partial charge in [0.05, 0.1) is 11.8 Å². The monoisotopic (exact) mass is 390 g/mol. The molecule has 1 aromatic carbocycles. The number of rotatable bonds is 4. The average molecular weight is 391 g/mol. The summed E-state index contributed by atoms with van der Waals surface area (Å²) in [4.78, 5) is 38.1. The van der Waals surface area contributed by atoms with Crippen LogP contribution in [0.2, 0.25) is 0 Å². The van der Waals surface area contributed by atoms with E-state index in [1.54, 1.807) is 0 Å². The lowest BCUT2D eigenvalue weighted by atomic mass is 9.85. The van der Waals surface area contributed by atoms with Gasteiger partial charge in [0.25, 0.3) is 0 Å². The van der Waals surface area contributed by atoms with Gasteiger partial charge in [-0.3, -0.25) is 19.3 Å². The lowest BCUT2D eigenvalue weighted by Crippen LogP contribution is -2.34.